The molecule has 4 heteroatoms. The number of aromatic nitrogens is 2. The van der Waals surface area contributed by atoms with Crippen molar-refractivity contribution in [3.05, 3.63) is 133 Å². The Balaban J connectivity index is 1.25. The predicted molar refractivity (Wildman–Crippen MR) is 187 cm³/mol. The summed E-state index contributed by atoms with van der Waals surface area (Å²) in [6, 6.07) is 48.7. The first-order chi connectivity index (χ1) is 21.3. The summed E-state index contributed by atoms with van der Waals surface area (Å²) < 4.78 is 6.29. The molecule has 2 nitrogen and oxygen atoms in total. The van der Waals surface area contributed by atoms with Gasteiger partial charge in [0.2, 0.25) is 0 Å². The van der Waals surface area contributed by atoms with E-state index in [-0.39, 0.29) is 0 Å². The van der Waals surface area contributed by atoms with E-state index in [4.69, 9.17) is 4.98 Å². The molecule has 0 unspecified atom stereocenters. The molecule has 0 saturated carbocycles. The minimum atomic E-state index is 1.06. The van der Waals surface area contributed by atoms with E-state index >= 15 is 0 Å². The van der Waals surface area contributed by atoms with E-state index in [2.05, 4.69) is 138 Å². The van der Waals surface area contributed by atoms with Gasteiger partial charge in [-0.15, -0.1) is 22.7 Å². The Hall–Kier alpha value is -5.03. The maximum atomic E-state index is 5.33. The summed E-state index contributed by atoms with van der Waals surface area (Å²) in [5, 5.41) is 11.1. The third-order valence-electron chi connectivity index (χ3n) is 8.81. The van der Waals surface area contributed by atoms with Crippen LogP contribution in [0, 0.1) is 0 Å². The highest BCUT2D eigenvalue weighted by Gasteiger charge is 2.19. The van der Waals surface area contributed by atoms with Gasteiger partial charge >= 0.3 is 0 Å². The Morgan fingerprint density at radius 3 is 2.05 bits per heavy atom. The topological polar surface area (TPSA) is 17.8 Å². The standard InChI is InChI=1S/C39H22N2S2/c1-2-10-24-22-33-30(21-23(24)9-1)27-13-5-7-15-31(27)41(33)32-18-17-28(25-11-3-4-12-26(25)32)39-40-38-36(43-39)20-19-35-37(38)29-14-6-8-16-34(29)42-35/h1-22H. The van der Waals surface area contributed by atoms with Crippen LogP contribution in [0.1, 0.15) is 0 Å². The molecule has 0 aliphatic carbocycles. The monoisotopic (exact) mass is 582 g/mol. The van der Waals surface area contributed by atoms with Crippen molar-refractivity contribution < 1.29 is 0 Å². The highest BCUT2D eigenvalue weighted by Crippen LogP contribution is 2.44. The molecule has 0 spiro atoms. The molecule has 0 fully saturated rings. The average molecular weight is 583 g/mol. The van der Waals surface area contributed by atoms with Crippen molar-refractivity contribution in [2.45, 2.75) is 0 Å². The lowest BCUT2D eigenvalue weighted by Gasteiger charge is -2.14. The number of hydrogen-bond donors (Lipinski definition) is 0. The molecule has 0 atom stereocenters. The number of hydrogen-bond acceptors (Lipinski definition) is 3. The Morgan fingerprint density at radius 2 is 1.16 bits per heavy atom. The van der Waals surface area contributed by atoms with E-state index < -0.39 is 0 Å². The van der Waals surface area contributed by atoms with Crippen LogP contribution >= 0.6 is 22.7 Å². The van der Waals surface area contributed by atoms with Gasteiger partial charge in [-0.1, -0.05) is 84.9 Å². The van der Waals surface area contributed by atoms with Gasteiger partial charge in [0.05, 0.1) is 26.9 Å². The first kappa shape index (κ1) is 23.5. The van der Waals surface area contributed by atoms with Crippen LogP contribution in [0.2, 0.25) is 0 Å². The number of thiazole rings is 1. The Morgan fingerprint density at radius 1 is 0.465 bits per heavy atom. The number of para-hydroxylation sites is 1. The minimum absolute atomic E-state index is 1.06. The van der Waals surface area contributed by atoms with E-state index in [0.29, 0.717) is 0 Å². The molecule has 3 heterocycles. The molecule has 0 radical (unpaired) electrons. The fourth-order valence-electron chi connectivity index (χ4n) is 6.90. The molecule has 7 aromatic carbocycles. The highest BCUT2D eigenvalue weighted by atomic mass is 32.1. The molecule has 0 aliphatic rings. The molecular formula is C39H22N2S2. The molecular weight excluding hydrogens is 561 g/mol. The summed E-state index contributed by atoms with van der Waals surface area (Å²) in [6.07, 6.45) is 0. The number of thiophene rings is 1. The van der Waals surface area contributed by atoms with Crippen LogP contribution in [0.15, 0.2) is 133 Å². The smallest absolute Gasteiger partial charge is 0.125 e. The second kappa shape index (κ2) is 8.74. The highest BCUT2D eigenvalue weighted by molar-refractivity contribution is 7.26. The molecule has 10 aromatic rings. The van der Waals surface area contributed by atoms with E-state index in [1.54, 1.807) is 11.3 Å². The fraction of sp³-hybridized carbons (Fsp3) is 0. The summed E-state index contributed by atoms with van der Waals surface area (Å²) in [5.41, 5.74) is 5.92. The van der Waals surface area contributed by atoms with E-state index in [0.717, 1.165) is 10.5 Å². The van der Waals surface area contributed by atoms with Crippen molar-refractivity contribution in [1.29, 1.82) is 0 Å². The summed E-state index contributed by atoms with van der Waals surface area (Å²) in [5.74, 6) is 0. The van der Waals surface area contributed by atoms with Crippen molar-refractivity contribution in [2.24, 2.45) is 0 Å². The zero-order valence-corrected chi connectivity index (χ0v) is 24.5. The SMILES string of the molecule is c1ccc2cc3c(cc2c1)c1ccccc1n3-c1ccc(-c2nc3c(ccc4sc5ccccc5c43)s2)c2ccccc12. The van der Waals surface area contributed by atoms with Crippen molar-refractivity contribution in [3.8, 4) is 16.3 Å². The van der Waals surface area contributed by atoms with Crippen molar-refractivity contribution in [3.63, 3.8) is 0 Å². The van der Waals surface area contributed by atoms with Gasteiger partial charge in [0.25, 0.3) is 0 Å². The number of fused-ring (bicyclic) bond motifs is 10. The lowest BCUT2D eigenvalue weighted by Crippen LogP contribution is -1.96. The summed E-state index contributed by atoms with van der Waals surface area (Å²) >= 11 is 3.64. The van der Waals surface area contributed by atoms with Gasteiger partial charge in [0.15, 0.2) is 0 Å². The Kier molecular flexibility index (Phi) is 4.78. The molecule has 0 aliphatic heterocycles. The van der Waals surface area contributed by atoms with Gasteiger partial charge in [-0.25, -0.2) is 4.98 Å². The quantitative estimate of drug-likeness (QED) is 0.198. The summed E-state index contributed by atoms with van der Waals surface area (Å²) in [6.45, 7) is 0. The second-order valence-corrected chi connectivity index (χ2v) is 13.3. The fourth-order valence-corrected chi connectivity index (χ4v) is 9.02. The van der Waals surface area contributed by atoms with E-state index in [1.165, 1.54) is 79.5 Å². The molecule has 10 rings (SSSR count). The first-order valence-corrected chi connectivity index (χ1v) is 16.1. The molecule has 0 N–H and O–H groups in total. The molecule has 3 aromatic heterocycles. The largest absolute Gasteiger partial charge is 0.309 e. The van der Waals surface area contributed by atoms with Gasteiger partial charge in [-0.3, -0.25) is 0 Å². The van der Waals surface area contributed by atoms with Gasteiger partial charge in [-0.2, -0.15) is 0 Å². The maximum absolute atomic E-state index is 5.33. The number of nitrogens with zero attached hydrogens (tertiary/aromatic N) is 2. The lowest BCUT2D eigenvalue weighted by atomic mass is 10.0. The number of benzene rings is 7. The van der Waals surface area contributed by atoms with E-state index in [1.807, 2.05) is 11.3 Å². The Labute approximate surface area is 254 Å². The van der Waals surface area contributed by atoms with Gasteiger partial charge in [0.1, 0.15) is 5.01 Å². The van der Waals surface area contributed by atoms with Gasteiger partial charge in [-0.05, 0) is 64.7 Å². The lowest BCUT2D eigenvalue weighted by molar-refractivity contribution is 1.20. The minimum Gasteiger partial charge on any atom is -0.309 e. The van der Waals surface area contributed by atoms with Crippen LogP contribution in [0.25, 0.3) is 90.0 Å². The van der Waals surface area contributed by atoms with E-state index in [9.17, 15) is 0 Å². The predicted octanol–water partition coefficient (Wildman–Crippen LogP) is 11.7. The van der Waals surface area contributed by atoms with Crippen molar-refractivity contribution in [1.82, 2.24) is 9.55 Å². The first-order valence-electron chi connectivity index (χ1n) is 14.5. The van der Waals surface area contributed by atoms with Crippen LogP contribution in [-0.2, 0) is 0 Å². The van der Waals surface area contributed by atoms with Gasteiger partial charge in [0, 0.05) is 41.9 Å². The Bertz CT molecular complexity index is 2740. The second-order valence-electron chi connectivity index (χ2n) is 11.1. The van der Waals surface area contributed by atoms with Crippen molar-refractivity contribution >= 4 is 96.4 Å². The summed E-state index contributed by atoms with van der Waals surface area (Å²) in [7, 11) is 0. The zero-order chi connectivity index (χ0) is 28.1. The van der Waals surface area contributed by atoms with Gasteiger partial charge < -0.3 is 4.57 Å². The molecule has 0 amide bonds. The van der Waals surface area contributed by atoms with Crippen LogP contribution in [0.5, 0.6) is 0 Å². The van der Waals surface area contributed by atoms with Crippen LogP contribution in [-0.4, -0.2) is 9.55 Å². The average Bonchev–Trinajstić information content (AvgIpc) is 3.75. The third-order valence-corrected chi connectivity index (χ3v) is 11.0. The number of rotatable bonds is 2. The molecule has 0 bridgehead atoms. The molecule has 43 heavy (non-hydrogen) atoms. The van der Waals surface area contributed by atoms with Crippen LogP contribution in [0.4, 0.5) is 0 Å². The maximum Gasteiger partial charge on any atom is 0.125 e. The normalized spacial score (nSPS) is 12.2. The molecule has 0 saturated heterocycles. The third kappa shape index (κ3) is 3.30. The van der Waals surface area contributed by atoms with Crippen LogP contribution in [0.3, 0.4) is 0 Å². The summed E-state index contributed by atoms with van der Waals surface area (Å²) in [4.78, 5) is 5.33. The van der Waals surface area contributed by atoms with Crippen LogP contribution < -0.4 is 0 Å². The molecule has 200 valence electrons. The zero-order valence-electron chi connectivity index (χ0n) is 22.9. The van der Waals surface area contributed by atoms with Crippen molar-refractivity contribution in [2.75, 3.05) is 0 Å².